The number of rotatable bonds is 5. The molecule has 0 bridgehead atoms. The number of nitrogens with zero attached hydrogens (tertiary/aromatic N) is 2. The van der Waals surface area contributed by atoms with Crippen LogP contribution in [0, 0.1) is 10.1 Å². The van der Waals surface area contributed by atoms with Crippen LogP contribution in [-0.2, 0) is 15.8 Å². The number of benzene rings is 1. The first-order valence-electron chi connectivity index (χ1n) is 6.37. The van der Waals surface area contributed by atoms with Gasteiger partial charge in [0.15, 0.2) is 0 Å². The minimum Gasteiger partial charge on any atom is -0.329 e. The summed E-state index contributed by atoms with van der Waals surface area (Å²) < 4.78 is 26.1. The van der Waals surface area contributed by atoms with Gasteiger partial charge in [-0.2, -0.15) is 4.31 Å². The highest BCUT2D eigenvalue weighted by Crippen LogP contribution is 2.23. The van der Waals surface area contributed by atoms with Gasteiger partial charge in [0.25, 0.3) is 5.69 Å². The highest BCUT2D eigenvalue weighted by Gasteiger charge is 2.33. The Morgan fingerprint density at radius 1 is 1.35 bits per heavy atom. The molecule has 1 atom stereocenters. The molecule has 1 aromatic carbocycles. The van der Waals surface area contributed by atoms with E-state index in [-0.39, 0.29) is 17.5 Å². The Kier molecular flexibility index (Phi) is 4.36. The van der Waals surface area contributed by atoms with Gasteiger partial charge in [-0.3, -0.25) is 10.1 Å². The van der Waals surface area contributed by atoms with Crippen molar-refractivity contribution in [3.63, 3.8) is 0 Å². The second kappa shape index (κ2) is 5.86. The first kappa shape index (κ1) is 14.9. The highest BCUT2D eigenvalue weighted by molar-refractivity contribution is 7.88. The molecule has 0 radical (unpaired) electrons. The molecule has 0 saturated carbocycles. The van der Waals surface area contributed by atoms with Crippen LogP contribution >= 0.6 is 0 Å². The number of nitrogens with two attached hydrogens (primary N) is 1. The fraction of sp³-hybridized carbons (Fsp3) is 0.500. The molecule has 1 aliphatic heterocycles. The zero-order chi connectivity index (χ0) is 14.8. The Bertz CT molecular complexity index is 585. The van der Waals surface area contributed by atoms with Crippen LogP contribution in [-0.4, -0.2) is 36.8 Å². The van der Waals surface area contributed by atoms with Crippen LogP contribution in [0.1, 0.15) is 18.4 Å². The molecule has 1 aromatic rings. The standard InChI is InChI=1S/C12H17N3O4S/c13-8-12-2-1-7-14(12)20(18,19)9-10-3-5-11(6-4-10)15(16)17/h3-6,12H,1-2,7-9,13H2. The predicted molar refractivity (Wildman–Crippen MR) is 74.5 cm³/mol. The molecule has 1 saturated heterocycles. The van der Waals surface area contributed by atoms with E-state index < -0.39 is 14.9 Å². The van der Waals surface area contributed by atoms with Gasteiger partial charge < -0.3 is 5.73 Å². The molecule has 0 spiro atoms. The Morgan fingerprint density at radius 3 is 2.55 bits per heavy atom. The molecule has 2 rings (SSSR count). The van der Waals surface area contributed by atoms with Crippen molar-refractivity contribution in [2.75, 3.05) is 13.1 Å². The topological polar surface area (TPSA) is 107 Å². The van der Waals surface area contributed by atoms with Crippen LogP contribution in [0.25, 0.3) is 0 Å². The summed E-state index contributed by atoms with van der Waals surface area (Å²) in [6.07, 6.45) is 1.61. The van der Waals surface area contributed by atoms with E-state index in [1.807, 2.05) is 0 Å². The first-order valence-corrected chi connectivity index (χ1v) is 7.98. The highest BCUT2D eigenvalue weighted by atomic mass is 32.2. The van der Waals surface area contributed by atoms with E-state index >= 15 is 0 Å². The summed E-state index contributed by atoms with van der Waals surface area (Å²) in [7, 11) is -3.42. The molecule has 110 valence electrons. The maximum Gasteiger partial charge on any atom is 0.269 e. The van der Waals surface area contributed by atoms with Crippen molar-refractivity contribution in [1.29, 1.82) is 0 Å². The van der Waals surface area contributed by atoms with E-state index in [1.165, 1.54) is 28.6 Å². The summed E-state index contributed by atoms with van der Waals surface area (Å²) in [6, 6.07) is 5.45. The second-order valence-electron chi connectivity index (χ2n) is 4.82. The smallest absolute Gasteiger partial charge is 0.269 e. The van der Waals surface area contributed by atoms with E-state index in [2.05, 4.69) is 0 Å². The summed E-state index contributed by atoms with van der Waals surface area (Å²) in [5, 5.41) is 10.6. The number of non-ortho nitro benzene ring substituents is 1. The van der Waals surface area contributed by atoms with E-state index in [0.717, 1.165) is 12.8 Å². The fourth-order valence-electron chi connectivity index (χ4n) is 2.42. The molecule has 1 fully saturated rings. The van der Waals surface area contributed by atoms with E-state index in [9.17, 15) is 18.5 Å². The number of nitro benzene ring substituents is 1. The van der Waals surface area contributed by atoms with Gasteiger partial charge in [0.2, 0.25) is 10.0 Å². The molecular weight excluding hydrogens is 282 g/mol. The molecule has 1 heterocycles. The summed E-state index contributed by atoms with van der Waals surface area (Å²) in [4.78, 5) is 10.0. The lowest BCUT2D eigenvalue weighted by Gasteiger charge is -2.22. The predicted octanol–water partition coefficient (Wildman–Crippen LogP) is 0.848. The maximum atomic E-state index is 12.3. The van der Waals surface area contributed by atoms with Gasteiger partial charge in [-0.05, 0) is 18.4 Å². The van der Waals surface area contributed by atoms with E-state index in [0.29, 0.717) is 18.7 Å². The molecule has 20 heavy (non-hydrogen) atoms. The third-order valence-electron chi connectivity index (χ3n) is 3.45. The largest absolute Gasteiger partial charge is 0.329 e. The Morgan fingerprint density at radius 2 is 2.00 bits per heavy atom. The molecule has 7 nitrogen and oxygen atoms in total. The minimum absolute atomic E-state index is 0.0489. The number of hydrogen-bond donors (Lipinski definition) is 1. The van der Waals surface area contributed by atoms with Gasteiger partial charge >= 0.3 is 0 Å². The van der Waals surface area contributed by atoms with Crippen molar-refractivity contribution in [1.82, 2.24) is 4.31 Å². The third kappa shape index (κ3) is 3.14. The zero-order valence-corrected chi connectivity index (χ0v) is 11.8. The molecule has 2 N–H and O–H groups in total. The molecule has 0 amide bonds. The lowest BCUT2D eigenvalue weighted by atomic mass is 10.2. The van der Waals surface area contributed by atoms with Crippen molar-refractivity contribution in [2.45, 2.75) is 24.6 Å². The van der Waals surface area contributed by atoms with E-state index in [1.54, 1.807) is 0 Å². The summed E-state index contributed by atoms with van der Waals surface area (Å²) >= 11 is 0. The second-order valence-corrected chi connectivity index (χ2v) is 6.74. The van der Waals surface area contributed by atoms with Crippen molar-refractivity contribution < 1.29 is 13.3 Å². The van der Waals surface area contributed by atoms with Gasteiger partial charge in [-0.25, -0.2) is 8.42 Å². The van der Waals surface area contributed by atoms with Gasteiger partial charge in [0.05, 0.1) is 10.7 Å². The van der Waals surface area contributed by atoms with Crippen LogP contribution in [0.4, 0.5) is 5.69 Å². The molecule has 0 aliphatic carbocycles. The number of sulfonamides is 1. The van der Waals surface area contributed by atoms with Gasteiger partial charge in [-0.15, -0.1) is 0 Å². The van der Waals surface area contributed by atoms with Crippen molar-refractivity contribution in [3.8, 4) is 0 Å². The van der Waals surface area contributed by atoms with Crippen molar-refractivity contribution >= 4 is 15.7 Å². The monoisotopic (exact) mass is 299 g/mol. The van der Waals surface area contributed by atoms with Crippen molar-refractivity contribution in [2.24, 2.45) is 5.73 Å². The summed E-state index contributed by atoms with van der Waals surface area (Å²) in [5.41, 5.74) is 6.08. The average Bonchev–Trinajstić information content (AvgIpc) is 2.88. The molecule has 1 unspecified atom stereocenters. The van der Waals surface area contributed by atoms with Gasteiger partial charge in [0, 0.05) is 31.3 Å². The Hall–Kier alpha value is -1.51. The van der Waals surface area contributed by atoms with Crippen LogP contribution < -0.4 is 5.73 Å². The van der Waals surface area contributed by atoms with Crippen LogP contribution in [0.15, 0.2) is 24.3 Å². The molecule has 8 heteroatoms. The average molecular weight is 299 g/mol. The lowest BCUT2D eigenvalue weighted by molar-refractivity contribution is -0.384. The van der Waals surface area contributed by atoms with Crippen molar-refractivity contribution in [3.05, 3.63) is 39.9 Å². The Labute approximate surface area is 117 Å². The van der Waals surface area contributed by atoms with Gasteiger partial charge in [0.1, 0.15) is 0 Å². The molecule has 0 aromatic heterocycles. The number of hydrogen-bond acceptors (Lipinski definition) is 5. The fourth-order valence-corrected chi connectivity index (χ4v) is 4.25. The minimum atomic E-state index is -3.42. The third-order valence-corrected chi connectivity index (χ3v) is 5.34. The first-order chi connectivity index (χ1) is 9.44. The summed E-state index contributed by atoms with van der Waals surface area (Å²) in [6.45, 7) is 0.816. The molecular formula is C12H17N3O4S. The molecule has 1 aliphatic rings. The number of nitro groups is 1. The van der Waals surface area contributed by atoms with Gasteiger partial charge in [-0.1, -0.05) is 12.1 Å². The SMILES string of the molecule is NCC1CCCN1S(=O)(=O)Cc1ccc([N+](=O)[O-])cc1. The van der Waals surface area contributed by atoms with Crippen LogP contribution in [0.3, 0.4) is 0 Å². The van der Waals surface area contributed by atoms with Crippen LogP contribution in [0.5, 0.6) is 0 Å². The Balaban J connectivity index is 2.13. The quantitative estimate of drug-likeness (QED) is 0.640. The van der Waals surface area contributed by atoms with Crippen LogP contribution in [0.2, 0.25) is 0 Å². The maximum absolute atomic E-state index is 12.3. The lowest BCUT2D eigenvalue weighted by Crippen LogP contribution is -2.40. The zero-order valence-electron chi connectivity index (χ0n) is 10.9. The summed E-state index contributed by atoms with van der Waals surface area (Å²) in [5.74, 6) is -0.151. The van der Waals surface area contributed by atoms with E-state index in [4.69, 9.17) is 5.73 Å². The normalized spacial score (nSPS) is 20.1.